The number of halogens is 2. The van der Waals surface area contributed by atoms with Gasteiger partial charge >= 0.3 is 0 Å². The molecule has 13 heavy (non-hydrogen) atoms. The number of Topliss-reactive ketones (excluding diaryl/α,β-unsaturated/α-hetero) is 1. The van der Waals surface area contributed by atoms with Gasteiger partial charge in [-0.25, -0.2) is 8.78 Å². The van der Waals surface area contributed by atoms with Gasteiger partial charge < -0.3 is 4.74 Å². The first-order valence-corrected chi connectivity index (χ1v) is 3.79. The van der Waals surface area contributed by atoms with E-state index in [9.17, 15) is 13.6 Å². The minimum atomic E-state index is -1.01. The minimum absolute atomic E-state index is 0.154. The highest BCUT2D eigenvalue weighted by Crippen LogP contribution is 2.17. The lowest BCUT2D eigenvalue weighted by Crippen LogP contribution is -2.07. The number of rotatable bonds is 2. The van der Waals surface area contributed by atoms with Crippen molar-refractivity contribution in [2.45, 2.75) is 6.10 Å². The van der Waals surface area contributed by atoms with Gasteiger partial charge in [-0.2, -0.15) is 0 Å². The summed E-state index contributed by atoms with van der Waals surface area (Å²) < 4.78 is 29.8. The molecule has 0 amide bonds. The number of ketones is 1. The molecule has 0 N–H and O–H groups in total. The van der Waals surface area contributed by atoms with Gasteiger partial charge in [0.1, 0.15) is 6.10 Å². The predicted molar refractivity (Wildman–Crippen MR) is 40.4 cm³/mol. The molecule has 68 valence electrons. The van der Waals surface area contributed by atoms with E-state index in [-0.39, 0.29) is 11.3 Å². The Labute approximate surface area is 73.1 Å². The zero-order valence-corrected chi connectivity index (χ0v) is 6.59. The lowest BCUT2D eigenvalue weighted by molar-refractivity contribution is 0.0953. The van der Waals surface area contributed by atoms with Crippen molar-refractivity contribution in [3.63, 3.8) is 0 Å². The SMILES string of the molecule is O=C(c1ccc(F)c(F)c1)C1CO1. The maximum Gasteiger partial charge on any atom is 0.194 e. The second kappa shape index (κ2) is 2.88. The molecule has 1 aromatic rings. The van der Waals surface area contributed by atoms with Crippen molar-refractivity contribution >= 4 is 5.78 Å². The van der Waals surface area contributed by atoms with E-state index in [2.05, 4.69) is 0 Å². The highest BCUT2D eigenvalue weighted by atomic mass is 19.2. The van der Waals surface area contributed by atoms with Crippen LogP contribution in [0.4, 0.5) is 8.78 Å². The molecule has 1 unspecified atom stereocenters. The fourth-order valence-electron chi connectivity index (χ4n) is 1.03. The quantitative estimate of drug-likeness (QED) is 0.515. The zero-order chi connectivity index (χ0) is 9.42. The molecule has 1 atom stereocenters. The lowest BCUT2D eigenvalue weighted by Gasteiger charge is -1.97. The molecule has 1 aliphatic heterocycles. The normalized spacial score (nSPS) is 20.0. The lowest BCUT2D eigenvalue weighted by atomic mass is 10.1. The van der Waals surface area contributed by atoms with Crippen molar-refractivity contribution in [3.05, 3.63) is 35.4 Å². The largest absolute Gasteiger partial charge is 0.364 e. The van der Waals surface area contributed by atoms with E-state index in [0.717, 1.165) is 12.1 Å². The summed E-state index contributed by atoms with van der Waals surface area (Å²) in [4.78, 5) is 11.3. The molecular weight excluding hydrogens is 178 g/mol. The third kappa shape index (κ3) is 1.58. The average molecular weight is 184 g/mol. The number of ether oxygens (including phenoxy) is 1. The number of benzene rings is 1. The Balaban J connectivity index is 2.30. The van der Waals surface area contributed by atoms with Crippen LogP contribution in [-0.4, -0.2) is 18.5 Å². The van der Waals surface area contributed by atoms with Gasteiger partial charge in [0.05, 0.1) is 6.61 Å². The van der Waals surface area contributed by atoms with E-state index in [0.29, 0.717) is 6.61 Å². The molecule has 0 spiro atoms. The summed E-state index contributed by atoms with van der Waals surface area (Å²) >= 11 is 0. The number of hydrogen-bond donors (Lipinski definition) is 0. The zero-order valence-electron chi connectivity index (χ0n) is 6.59. The second-order valence-corrected chi connectivity index (χ2v) is 2.82. The van der Waals surface area contributed by atoms with E-state index in [4.69, 9.17) is 4.74 Å². The molecule has 1 aliphatic rings. The highest BCUT2D eigenvalue weighted by Gasteiger charge is 2.32. The third-order valence-corrected chi connectivity index (χ3v) is 1.83. The van der Waals surface area contributed by atoms with Crippen molar-refractivity contribution in [1.29, 1.82) is 0 Å². The molecule has 0 aromatic heterocycles. The summed E-state index contributed by atoms with van der Waals surface area (Å²) in [5.41, 5.74) is 0.154. The van der Waals surface area contributed by atoms with Crippen molar-refractivity contribution in [2.75, 3.05) is 6.61 Å². The topological polar surface area (TPSA) is 29.6 Å². The Kier molecular flexibility index (Phi) is 1.84. The number of carbonyl (C=O) groups excluding carboxylic acids is 1. The molecule has 1 fully saturated rings. The summed E-state index contributed by atoms with van der Waals surface area (Å²) in [5.74, 6) is -2.25. The summed E-state index contributed by atoms with van der Waals surface area (Å²) in [7, 11) is 0. The first kappa shape index (κ1) is 8.31. The van der Waals surface area contributed by atoms with Gasteiger partial charge in [-0.05, 0) is 18.2 Å². The Morgan fingerprint density at radius 1 is 1.38 bits per heavy atom. The molecule has 0 bridgehead atoms. The van der Waals surface area contributed by atoms with Crippen LogP contribution >= 0.6 is 0 Å². The number of epoxide rings is 1. The second-order valence-electron chi connectivity index (χ2n) is 2.82. The third-order valence-electron chi connectivity index (χ3n) is 1.83. The molecule has 0 aliphatic carbocycles. The summed E-state index contributed by atoms with van der Waals surface area (Å²) in [6.45, 7) is 0.373. The first-order chi connectivity index (χ1) is 6.18. The van der Waals surface area contributed by atoms with Crippen LogP contribution in [0.25, 0.3) is 0 Å². The predicted octanol–water partition coefficient (Wildman–Crippen LogP) is 1.55. The summed E-state index contributed by atoms with van der Waals surface area (Å²) in [6.07, 6.45) is -0.454. The minimum Gasteiger partial charge on any atom is -0.364 e. The molecule has 0 radical (unpaired) electrons. The molecular formula is C9H6F2O2. The van der Waals surface area contributed by atoms with E-state index >= 15 is 0 Å². The standard InChI is InChI=1S/C9H6F2O2/c10-6-2-1-5(3-7(6)11)9(12)8-4-13-8/h1-3,8H,4H2. The van der Waals surface area contributed by atoms with Gasteiger partial charge in [0, 0.05) is 5.56 Å². The van der Waals surface area contributed by atoms with Crippen LogP contribution in [0.2, 0.25) is 0 Å². The van der Waals surface area contributed by atoms with Crippen molar-refractivity contribution in [1.82, 2.24) is 0 Å². The van der Waals surface area contributed by atoms with E-state index in [1.54, 1.807) is 0 Å². The molecule has 2 nitrogen and oxygen atoms in total. The van der Waals surface area contributed by atoms with Gasteiger partial charge in [0.2, 0.25) is 0 Å². The van der Waals surface area contributed by atoms with Gasteiger partial charge in [0.15, 0.2) is 17.4 Å². The van der Waals surface area contributed by atoms with Crippen LogP contribution in [0.5, 0.6) is 0 Å². The van der Waals surface area contributed by atoms with E-state index < -0.39 is 17.7 Å². The van der Waals surface area contributed by atoms with Crippen LogP contribution in [0, 0.1) is 11.6 Å². The fourth-order valence-corrected chi connectivity index (χ4v) is 1.03. The van der Waals surface area contributed by atoms with E-state index in [1.165, 1.54) is 6.07 Å². The summed E-state index contributed by atoms with van der Waals surface area (Å²) in [5, 5.41) is 0. The summed E-state index contributed by atoms with van der Waals surface area (Å²) in [6, 6.07) is 3.08. The Bertz CT molecular complexity index is 359. The van der Waals surface area contributed by atoms with Crippen molar-refractivity contribution in [3.8, 4) is 0 Å². The van der Waals surface area contributed by atoms with Crippen molar-refractivity contribution < 1.29 is 18.3 Å². The molecule has 1 saturated heterocycles. The van der Waals surface area contributed by atoms with Crippen LogP contribution in [0.1, 0.15) is 10.4 Å². The van der Waals surface area contributed by atoms with E-state index in [1.807, 2.05) is 0 Å². The number of carbonyl (C=O) groups is 1. The van der Waals surface area contributed by atoms with Gasteiger partial charge in [-0.15, -0.1) is 0 Å². The van der Waals surface area contributed by atoms with Crippen LogP contribution in [-0.2, 0) is 4.74 Å². The first-order valence-electron chi connectivity index (χ1n) is 3.79. The molecule has 1 aromatic carbocycles. The van der Waals surface area contributed by atoms with Crippen LogP contribution < -0.4 is 0 Å². The smallest absolute Gasteiger partial charge is 0.194 e. The molecule has 0 saturated carbocycles. The monoisotopic (exact) mass is 184 g/mol. The Morgan fingerprint density at radius 2 is 2.08 bits per heavy atom. The number of hydrogen-bond acceptors (Lipinski definition) is 2. The average Bonchev–Trinajstić information content (AvgIpc) is 2.91. The molecule has 2 rings (SSSR count). The Morgan fingerprint density at radius 3 is 2.62 bits per heavy atom. The fraction of sp³-hybridized carbons (Fsp3) is 0.222. The highest BCUT2D eigenvalue weighted by molar-refractivity contribution is 6.00. The molecule has 4 heteroatoms. The van der Waals surface area contributed by atoms with Gasteiger partial charge in [-0.3, -0.25) is 4.79 Å². The van der Waals surface area contributed by atoms with Gasteiger partial charge in [-0.1, -0.05) is 0 Å². The van der Waals surface area contributed by atoms with Crippen molar-refractivity contribution in [2.24, 2.45) is 0 Å². The maximum absolute atomic E-state index is 12.7. The van der Waals surface area contributed by atoms with Crippen LogP contribution in [0.15, 0.2) is 18.2 Å². The maximum atomic E-state index is 12.7. The van der Waals surface area contributed by atoms with Crippen LogP contribution in [0.3, 0.4) is 0 Å². The Hall–Kier alpha value is -1.29. The van der Waals surface area contributed by atoms with Gasteiger partial charge in [0.25, 0.3) is 0 Å². The molecule has 1 heterocycles.